The van der Waals surface area contributed by atoms with Crippen LogP contribution in [-0.2, 0) is 19.1 Å². The molecule has 122 valence electrons. The average Bonchev–Trinajstić information content (AvgIpc) is 2.41. The van der Waals surface area contributed by atoms with Crippen LogP contribution in [0.2, 0.25) is 0 Å². The topological polar surface area (TPSA) is 119 Å². The van der Waals surface area contributed by atoms with E-state index in [0.29, 0.717) is 6.42 Å². The minimum atomic E-state index is -1.16. The van der Waals surface area contributed by atoms with Crippen LogP contribution in [0.4, 0.5) is 0 Å². The van der Waals surface area contributed by atoms with Crippen molar-refractivity contribution in [3.8, 4) is 0 Å². The SMILES string of the molecule is COC(=O)CC[C@@H](NC(=O)C(C)CCCC(C)N)C(=O)O. The molecule has 0 aliphatic heterocycles. The molecule has 0 heterocycles. The third kappa shape index (κ3) is 9.01. The summed E-state index contributed by atoms with van der Waals surface area (Å²) in [5.74, 6) is -2.27. The summed E-state index contributed by atoms with van der Waals surface area (Å²) in [6.45, 7) is 3.65. The number of rotatable bonds is 10. The summed E-state index contributed by atoms with van der Waals surface area (Å²) in [6, 6.07) is -0.987. The molecule has 0 saturated carbocycles. The Kier molecular flexibility index (Phi) is 9.36. The highest BCUT2D eigenvalue weighted by Crippen LogP contribution is 2.10. The van der Waals surface area contributed by atoms with E-state index < -0.39 is 18.0 Å². The van der Waals surface area contributed by atoms with E-state index >= 15 is 0 Å². The summed E-state index contributed by atoms with van der Waals surface area (Å²) >= 11 is 0. The van der Waals surface area contributed by atoms with Crippen molar-refractivity contribution in [1.82, 2.24) is 5.32 Å². The van der Waals surface area contributed by atoms with Gasteiger partial charge in [-0.1, -0.05) is 13.3 Å². The lowest BCUT2D eigenvalue weighted by atomic mass is 10.0. The molecular formula is C14H26N2O5. The van der Waals surface area contributed by atoms with Crippen molar-refractivity contribution in [2.45, 2.75) is 58.0 Å². The van der Waals surface area contributed by atoms with Gasteiger partial charge in [-0.2, -0.15) is 0 Å². The van der Waals surface area contributed by atoms with Crippen LogP contribution in [0.15, 0.2) is 0 Å². The first-order valence-corrected chi connectivity index (χ1v) is 7.13. The molecule has 0 aromatic heterocycles. The van der Waals surface area contributed by atoms with Gasteiger partial charge in [0.05, 0.1) is 7.11 Å². The number of nitrogens with two attached hydrogens (primary N) is 1. The van der Waals surface area contributed by atoms with E-state index in [4.69, 9.17) is 10.8 Å². The number of carboxylic acids is 1. The van der Waals surface area contributed by atoms with E-state index in [-0.39, 0.29) is 30.7 Å². The van der Waals surface area contributed by atoms with Crippen LogP contribution in [0.5, 0.6) is 0 Å². The third-order valence-electron chi connectivity index (χ3n) is 3.22. The number of carboxylic acid groups (broad SMARTS) is 1. The molecule has 3 atom stereocenters. The molecule has 0 aromatic carbocycles. The zero-order valence-corrected chi connectivity index (χ0v) is 12.9. The Morgan fingerprint density at radius 2 is 1.81 bits per heavy atom. The van der Waals surface area contributed by atoms with Crippen LogP contribution in [-0.4, -0.2) is 42.1 Å². The van der Waals surface area contributed by atoms with Crippen molar-refractivity contribution >= 4 is 17.8 Å². The van der Waals surface area contributed by atoms with Gasteiger partial charge in [-0.15, -0.1) is 0 Å². The number of ether oxygens (including phenoxy) is 1. The van der Waals surface area contributed by atoms with Gasteiger partial charge in [-0.05, 0) is 26.2 Å². The zero-order valence-electron chi connectivity index (χ0n) is 12.9. The second-order valence-electron chi connectivity index (χ2n) is 5.32. The smallest absolute Gasteiger partial charge is 0.326 e. The van der Waals surface area contributed by atoms with Crippen LogP contribution < -0.4 is 11.1 Å². The number of amides is 1. The monoisotopic (exact) mass is 302 g/mol. The molecule has 1 amide bonds. The number of esters is 1. The third-order valence-corrected chi connectivity index (χ3v) is 3.22. The molecule has 0 fully saturated rings. The van der Waals surface area contributed by atoms with E-state index in [1.165, 1.54) is 7.11 Å². The molecule has 21 heavy (non-hydrogen) atoms. The second-order valence-corrected chi connectivity index (χ2v) is 5.32. The highest BCUT2D eigenvalue weighted by atomic mass is 16.5. The minimum absolute atomic E-state index is 0.0142. The Balaban J connectivity index is 4.26. The Hall–Kier alpha value is -1.63. The molecule has 4 N–H and O–H groups in total. The number of aliphatic carboxylic acids is 1. The average molecular weight is 302 g/mol. The van der Waals surface area contributed by atoms with Gasteiger partial charge < -0.3 is 20.9 Å². The van der Waals surface area contributed by atoms with Crippen LogP contribution >= 0.6 is 0 Å². The van der Waals surface area contributed by atoms with Crippen molar-refractivity contribution in [3.05, 3.63) is 0 Å². The molecule has 0 spiro atoms. The zero-order chi connectivity index (χ0) is 16.4. The maximum absolute atomic E-state index is 11.9. The Labute approximate surface area is 125 Å². The van der Waals surface area contributed by atoms with E-state index in [1.54, 1.807) is 6.92 Å². The predicted molar refractivity (Wildman–Crippen MR) is 77.5 cm³/mol. The fourth-order valence-corrected chi connectivity index (χ4v) is 1.81. The van der Waals surface area contributed by atoms with Crippen molar-refractivity contribution in [2.75, 3.05) is 7.11 Å². The Bertz CT molecular complexity index is 357. The number of carbonyl (C=O) groups excluding carboxylic acids is 2. The molecule has 0 saturated heterocycles. The van der Waals surface area contributed by atoms with Gasteiger partial charge >= 0.3 is 11.9 Å². The first kappa shape index (κ1) is 19.4. The van der Waals surface area contributed by atoms with Crippen molar-refractivity contribution in [1.29, 1.82) is 0 Å². The molecule has 2 unspecified atom stereocenters. The van der Waals surface area contributed by atoms with Gasteiger partial charge in [0.2, 0.25) is 5.91 Å². The van der Waals surface area contributed by atoms with E-state index in [0.717, 1.165) is 12.8 Å². The van der Waals surface area contributed by atoms with Gasteiger partial charge in [0.15, 0.2) is 0 Å². The number of methoxy groups -OCH3 is 1. The minimum Gasteiger partial charge on any atom is -0.480 e. The highest BCUT2D eigenvalue weighted by molar-refractivity contribution is 5.85. The van der Waals surface area contributed by atoms with Crippen LogP contribution in [0.3, 0.4) is 0 Å². The number of nitrogens with one attached hydrogen (secondary N) is 1. The lowest BCUT2D eigenvalue weighted by molar-refractivity contribution is -0.144. The lowest BCUT2D eigenvalue weighted by Crippen LogP contribution is -2.43. The van der Waals surface area contributed by atoms with Crippen LogP contribution in [0.1, 0.15) is 46.0 Å². The first-order chi connectivity index (χ1) is 9.77. The van der Waals surface area contributed by atoms with Crippen molar-refractivity contribution in [2.24, 2.45) is 11.7 Å². The van der Waals surface area contributed by atoms with Gasteiger partial charge in [0.25, 0.3) is 0 Å². The number of carbonyl (C=O) groups is 3. The van der Waals surface area contributed by atoms with Crippen LogP contribution in [0, 0.1) is 5.92 Å². The molecular weight excluding hydrogens is 276 g/mol. The van der Waals surface area contributed by atoms with Crippen molar-refractivity contribution < 1.29 is 24.2 Å². The Morgan fingerprint density at radius 3 is 2.29 bits per heavy atom. The highest BCUT2D eigenvalue weighted by Gasteiger charge is 2.23. The van der Waals surface area contributed by atoms with E-state index in [2.05, 4.69) is 10.1 Å². The molecule has 0 aromatic rings. The fraction of sp³-hybridized carbons (Fsp3) is 0.786. The largest absolute Gasteiger partial charge is 0.480 e. The lowest BCUT2D eigenvalue weighted by Gasteiger charge is -2.17. The summed E-state index contributed by atoms with van der Waals surface area (Å²) in [5.41, 5.74) is 5.63. The molecule has 0 bridgehead atoms. The van der Waals surface area contributed by atoms with E-state index in [1.807, 2.05) is 6.92 Å². The summed E-state index contributed by atoms with van der Waals surface area (Å²) in [4.78, 5) is 34.0. The molecule has 7 nitrogen and oxygen atoms in total. The molecule has 0 radical (unpaired) electrons. The molecule has 0 aliphatic rings. The van der Waals surface area contributed by atoms with E-state index in [9.17, 15) is 14.4 Å². The van der Waals surface area contributed by atoms with Crippen LogP contribution in [0.25, 0.3) is 0 Å². The van der Waals surface area contributed by atoms with Gasteiger partial charge in [0.1, 0.15) is 6.04 Å². The molecule has 0 aliphatic carbocycles. The fourth-order valence-electron chi connectivity index (χ4n) is 1.81. The second kappa shape index (κ2) is 10.1. The van der Waals surface area contributed by atoms with Gasteiger partial charge in [0, 0.05) is 18.4 Å². The Morgan fingerprint density at radius 1 is 1.19 bits per heavy atom. The maximum atomic E-state index is 11.9. The standard InChI is InChI=1S/C14H26N2O5/c1-9(5-4-6-10(2)15)13(18)16-11(14(19)20)7-8-12(17)21-3/h9-11H,4-8,15H2,1-3H3,(H,16,18)(H,19,20)/t9?,10?,11-/m1/s1. The normalized spacial score (nSPS) is 14.9. The summed E-state index contributed by atoms with van der Waals surface area (Å²) in [5, 5.41) is 11.5. The number of hydrogen-bond donors (Lipinski definition) is 3. The maximum Gasteiger partial charge on any atom is 0.326 e. The first-order valence-electron chi connectivity index (χ1n) is 7.13. The summed E-state index contributed by atoms with van der Waals surface area (Å²) in [7, 11) is 1.23. The summed E-state index contributed by atoms with van der Waals surface area (Å²) in [6.07, 6.45) is 2.25. The molecule has 7 heteroatoms. The van der Waals surface area contributed by atoms with Crippen molar-refractivity contribution in [3.63, 3.8) is 0 Å². The predicted octanol–water partition coefficient (Wildman–Crippen LogP) is 0.663. The van der Waals surface area contributed by atoms with Gasteiger partial charge in [-0.3, -0.25) is 9.59 Å². The quantitative estimate of drug-likeness (QED) is 0.510. The summed E-state index contributed by atoms with van der Waals surface area (Å²) < 4.78 is 4.45. The molecule has 0 rings (SSSR count). The van der Waals surface area contributed by atoms with Gasteiger partial charge in [-0.25, -0.2) is 4.79 Å². The number of hydrogen-bond acceptors (Lipinski definition) is 5.